The summed E-state index contributed by atoms with van der Waals surface area (Å²) in [6.07, 6.45) is 0. The first-order chi connectivity index (χ1) is 9.60. The Morgan fingerprint density at radius 2 is 2.05 bits per heavy atom. The first-order valence-electron chi connectivity index (χ1n) is 6.33. The van der Waals surface area contributed by atoms with E-state index in [-0.39, 0.29) is 12.5 Å². The fraction of sp³-hybridized carbons (Fsp3) is 0.357. The lowest BCUT2D eigenvalue weighted by Gasteiger charge is -2.14. The molecule has 106 valence electrons. The average Bonchev–Trinajstić information content (AvgIpc) is 2.90. The monoisotopic (exact) mass is 275 g/mol. The third-order valence-electron chi connectivity index (χ3n) is 2.96. The molecule has 0 unspecified atom stereocenters. The van der Waals surface area contributed by atoms with E-state index in [9.17, 15) is 9.90 Å². The molecule has 0 aliphatic rings. The molecule has 1 N–H and O–H groups in total. The predicted octanol–water partition coefficient (Wildman–Crippen LogP) is 1.67. The van der Waals surface area contributed by atoms with Crippen molar-refractivity contribution in [1.82, 2.24) is 14.8 Å². The number of esters is 1. The summed E-state index contributed by atoms with van der Waals surface area (Å²) in [5.41, 5.74) is 1.02. The van der Waals surface area contributed by atoms with E-state index in [4.69, 9.17) is 4.74 Å². The largest absolute Gasteiger partial charge is 0.465 e. The van der Waals surface area contributed by atoms with Crippen LogP contribution < -0.4 is 0 Å². The maximum Gasteiger partial charge on any atom is 0.339 e. The molecule has 0 aliphatic heterocycles. The second-order valence-corrected chi connectivity index (χ2v) is 4.63. The standard InChI is InChI=1S/C14H17N3O3/c1-9(2)13-16-15-12(8-18)17(13)11-7-5-4-6-10(11)14(19)20-3/h4-7,9,18H,8H2,1-3H3. The second-order valence-electron chi connectivity index (χ2n) is 4.63. The van der Waals surface area contributed by atoms with Gasteiger partial charge in [0.2, 0.25) is 0 Å². The van der Waals surface area contributed by atoms with E-state index in [1.807, 2.05) is 19.9 Å². The van der Waals surface area contributed by atoms with Gasteiger partial charge in [0.25, 0.3) is 0 Å². The number of aromatic nitrogens is 3. The zero-order valence-corrected chi connectivity index (χ0v) is 11.7. The Morgan fingerprint density at radius 3 is 2.65 bits per heavy atom. The first kappa shape index (κ1) is 14.2. The molecule has 0 fully saturated rings. The highest BCUT2D eigenvalue weighted by Crippen LogP contribution is 2.23. The van der Waals surface area contributed by atoms with Crippen molar-refractivity contribution in [3.63, 3.8) is 0 Å². The van der Waals surface area contributed by atoms with E-state index in [0.29, 0.717) is 22.9 Å². The van der Waals surface area contributed by atoms with E-state index >= 15 is 0 Å². The Morgan fingerprint density at radius 1 is 1.35 bits per heavy atom. The smallest absolute Gasteiger partial charge is 0.339 e. The van der Waals surface area contributed by atoms with Gasteiger partial charge in [0.1, 0.15) is 12.4 Å². The molecule has 6 heteroatoms. The summed E-state index contributed by atoms with van der Waals surface area (Å²) in [6.45, 7) is 3.69. The summed E-state index contributed by atoms with van der Waals surface area (Å²) in [5, 5.41) is 17.5. The number of nitrogens with zero attached hydrogens (tertiary/aromatic N) is 3. The van der Waals surface area contributed by atoms with Gasteiger partial charge in [-0.25, -0.2) is 4.79 Å². The van der Waals surface area contributed by atoms with Gasteiger partial charge < -0.3 is 9.84 Å². The summed E-state index contributed by atoms with van der Waals surface area (Å²) in [6, 6.07) is 7.02. The molecule has 1 aromatic carbocycles. The van der Waals surface area contributed by atoms with Gasteiger partial charge >= 0.3 is 5.97 Å². The first-order valence-corrected chi connectivity index (χ1v) is 6.33. The summed E-state index contributed by atoms with van der Waals surface area (Å²) in [4.78, 5) is 11.9. The Hall–Kier alpha value is -2.21. The zero-order valence-electron chi connectivity index (χ0n) is 11.7. The average molecular weight is 275 g/mol. The fourth-order valence-electron chi connectivity index (χ4n) is 2.02. The highest BCUT2D eigenvalue weighted by Gasteiger charge is 2.20. The molecule has 2 rings (SSSR count). The van der Waals surface area contributed by atoms with Crippen molar-refractivity contribution < 1.29 is 14.6 Å². The number of benzene rings is 1. The van der Waals surface area contributed by atoms with Crippen LogP contribution in [0.1, 0.15) is 41.8 Å². The van der Waals surface area contributed by atoms with E-state index in [0.717, 1.165) is 0 Å². The summed E-state index contributed by atoms with van der Waals surface area (Å²) in [7, 11) is 1.33. The van der Waals surface area contributed by atoms with Gasteiger partial charge in [0.05, 0.1) is 18.4 Å². The fourth-order valence-corrected chi connectivity index (χ4v) is 2.02. The molecule has 2 aromatic rings. The number of methoxy groups -OCH3 is 1. The van der Waals surface area contributed by atoms with Crippen LogP contribution in [0.3, 0.4) is 0 Å². The Balaban J connectivity index is 2.68. The number of aliphatic hydroxyl groups excluding tert-OH is 1. The quantitative estimate of drug-likeness (QED) is 0.859. The molecule has 0 aliphatic carbocycles. The van der Waals surface area contributed by atoms with Crippen molar-refractivity contribution in [3.05, 3.63) is 41.5 Å². The van der Waals surface area contributed by atoms with Gasteiger partial charge in [0, 0.05) is 5.92 Å². The summed E-state index contributed by atoms with van der Waals surface area (Å²) in [5.74, 6) is 0.747. The molecule has 6 nitrogen and oxygen atoms in total. The van der Waals surface area contributed by atoms with E-state index in [1.165, 1.54) is 7.11 Å². The lowest BCUT2D eigenvalue weighted by atomic mass is 10.1. The van der Waals surface area contributed by atoms with E-state index in [2.05, 4.69) is 10.2 Å². The molecule has 0 saturated heterocycles. The number of hydrogen-bond acceptors (Lipinski definition) is 5. The third-order valence-corrected chi connectivity index (χ3v) is 2.96. The molecule has 0 saturated carbocycles. The molecule has 0 bridgehead atoms. The van der Waals surface area contributed by atoms with Crippen molar-refractivity contribution in [3.8, 4) is 5.69 Å². The minimum atomic E-state index is -0.437. The molecule has 20 heavy (non-hydrogen) atoms. The van der Waals surface area contributed by atoms with Gasteiger partial charge in [-0.2, -0.15) is 0 Å². The van der Waals surface area contributed by atoms with Crippen LogP contribution in [0, 0.1) is 0 Å². The number of carbonyl (C=O) groups excluding carboxylic acids is 1. The molecule has 0 atom stereocenters. The third kappa shape index (κ3) is 2.42. The van der Waals surface area contributed by atoms with Crippen LogP contribution >= 0.6 is 0 Å². The number of carbonyl (C=O) groups is 1. The number of rotatable bonds is 4. The number of ether oxygens (including phenoxy) is 1. The number of aliphatic hydroxyl groups is 1. The topological polar surface area (TPSA) is 77.2 Å². The van der Waals surface area contributed by atoms with E-state index < -0.39 is 5.97 Å². The molecule has 1 aromatic heterocycles. The summed E-state index contributed by atoms with van der Waals surface area (Å²) < 4.78 is 6.50. The predicted molar refractivity (Wildman–Crippen MR) is 72.7 cm³/mol. The Kier molecular flexibility index (Phi) is 4.14. The highest BCUT2D eigenvalue weighted by molar-refractivity contribution is 5.93. The lowest BCUT2D eigenvalue weighted by molar-refractivity contribution is 0.0600. The van der Waals surface area contributed by atoms with Crippen molar-refractivity contribution in [1.29, 1.82) is 0 Å². The van der Waals surface area contributed by atoms with Crippen molar-refractivity contribution in [2.45, 2.75) is 26.4 Å². The maximum atomic E-state index is 11.9. The Bertz CT molecular complexity index is 620. The lowest BCUT2D eigenvalue weighted by Crippen LogP contribution is -2.13. The second kappa shape index (κ2) is 5.83. The van der Waals surface area contributed by atoms with Gasteiger partial charge in [0.15, 0.2) is 5.82 Å². The van der Waals surface area contributed by atoms with Gasteiger partial charge in [-0.15, -0.1) is 10.2 Å². The maximum absolute atomic E-state index is 11.9. The minimum absolute atomic E-state index is 0.105. The Labute approximate surface area is 117 Å². The molecule has 0 amide bonds. The van der Waals surface area contributed by atoms with Crippen LogP contribution in [-0.4, -0.2) is 33.0 Å². The van der Waals surface area contributed by atoms with Crippen LogP contribution in [0.4, 0.5) is 0 Å². The molecular weight excluding hydrogens is 258 g/mol. The number of para-hydroxylation sites is 1. The van der Waals surface area contributed by atoms with Crippen LogP contribution in [0.15, 0.2) is 24.3 Å². The minimum Gasteiger partial charge on any atom is -0.465 e. The van der Waals surface area contributed by atoms with Crippen LogP contribution in [0.25, 0.3) is 5.69 Å². The molecule has 0 radical (unpaired) electrons. The molecular formula is C14H17N3O3. The normalized spacial score (nSPS) is 10.8. The van der Waals surface area contributed by atoms with Crippen LogP contribution in [0.5, 0.6) is 0 Å². The van der Waals surface area contributed by atoms with E-state index in [1.54, 1.807) is 22.8 Å². The zero-order chi connectivity index (χ0) is 14.7. The van der Waals surface area contributed by atoms with Crippen molar-refractivity contribution in [2.75, 3.05) is 7.11 Å². The van der Waals surface area contributed by atoms with Gasteiger partial charge in [-0.1, -0.05) is 26.0 Å². The molecule has 1 heterocycles. The van der Waals surface area contributed by atoms with Crippen molar-refractivity contribution in [2.24, 2.45) is 0 Å². The van der Waals surface area contributed by atoms with Gasteiger partial charge in [-0.05, 0) is 12.1 Å². The SMILES string of the molecule is COC(=O)c1ccccc1-n1c(CO)nnc1C(C)C. The highest BCUT2D eigenvalue weighted by atomic mass is 16.5. The van der Waals surface area contributed by atoms with Crippen molar-refractivity contribution >= 4 is 5.97 Å². The van der Waals surface area contributed by atoms with Crippen LogP contribution in [-0.2, 0) is 11.3 Å². The molecule has 0 spiro atoms. The van der Waals surface area contributed by atoms with Gasteiger partial charge in [-0.3, -0.25) is 4.57 Å². The summed E-state index contributed by atoms with van der Waals surface area (Å²) >= 11 is 0. The van der Waals surface area contributed by atoms with Crippen LogP contribution in [0.2, 0.25) is 0 Å². The number of hydrogen-bond donors (Lipinski definition) is 1.